The third kappa shape index (κ3) is 23.4. The highest BCUT2D eigenvalue weighted by atomic mass is 16.7. The van der Waals surface area contributed by atoms with Crippen LogP contribution in [0.1, 0.15) is 174 Å². The van der Waals surface area contributed by atoms with Crippen LogP contribution in [0.2, 0.25) is 0 Å². The van der Waals surface area contributed by atoms with Gasteiger partial charge < -0.3 is 45.4 Å². The van der Waals surface area contributed by atoms with Gasteiger partial charge >= 0.3 is 0 Å². The molecule has 0 aromatic carbocycles. The van der Waals surface area contributed by atoms with Gasteiger partial charge in [0.15, 0.2) is 6.29 Å². The number of unbranched alkanes of at least 4 members (excludes halogenated alkanes) is 21. The smallest absolute Gasteiger partial charge is 0.249 e. The van der Waals surface area contributed by atoms with E-state index in [1.807, 2.05) is 6.08 Å². The van der Waals surface area contributed by atoms with Crippen LogP contribution < -0.4 is 5.32 Å². The van der Waals surface area contributed by atoms with Crippen molar-refractivity contribution in [3.63, 3.8) is 0 Å². The second-order valence-corrected chi connectivity index (χ2v) is 14.9. The Hall–Kier alpha value is -1.37. The van der Waals surface area contributed by atoms with Gasteiger partial charge in [0.1, 0.15) is 30.5 Å². The van der Waals surface area contributed by atoms with Crippen LogP contribution in [0.15, 0.2) is 24.3 Å². The molecule has 0 unspecified atom stereocenters. The molecule has 1 aliphatic rings. The summed E-state index contributed by atoms with van der Waals surface area (Å²) in [5, 5.41) is 64.4. The summed E-state index contributed by atoms with van der Waals surface area (Å²) in [6, 6.07) is -0.991. The number of aliphatic hydroxyl groups is 6. The van der Waals surface area contributed by atoms with Crippen LogP contribution >= 0.6 is 0 Å². The van der Waals surface area contributed by atoms with Gasteiger partial charge in [-0.05, 0) is 32.1 Å². The summed E-state index contributed by atoms with van der Waals surface area (Å²) in [6.07, 6.45) is 26.9. The quantitative estimate of drug-likeness (QED) is 0.0274. The van der Waals surface area contributed by atoms with Crippen molar-refractivity contribution in [1.29, 1.82) is 0 Å². The van der Waals surface area contributed by atoms with Crippen molar-refractivity contribution in [2.75, 3.05) is 13.2 Å². The molecule has 1 aliphatic heterocycles. The minimum atomic E-state index is -1.61. The fraction of sp³-hybridized carbons (Fsp3) is 0.881. The Labute approximate surface area is 316 Å². The lowest BCUT2D eigenvalue weighted by Crippen LogP contribution is -2.60. The third-order valence-corrected chi connectivity index (χ3v) is 10.1. The van der Waals surface area contributed by atoms with Crippen molar-refractivity contribution in [2.24, 2.45) is 0 Å². The van der Waals surface area contributed by atoms with Gasteiger partial charge in [0.2, 0.25) is 5.91 Å². The van der Waals surface area contributed by atoms with E-state index in [1.54, 1.807) is 6.08 Å². The van der Waals surface area contributed by atoms with E-state index in [-0.39, 0.29) is 6.61 Å². The predicted octanol–water partition coefficient (Wildman–Crippen LogP) is 6.91. The number of hydrogen-bond acceptors (Lipinski definition) is 9. The molecule has 0 bridgehead atoms. The largest absolute Gasteiger partial charge is 0.394 e. The molecule has 1 amide bonds. The fourth-order valence-electron chi connectivity index (χ4n) is 6.59. The van der Waals surface area contributed by atoms with Crippen molar-refractivity contribution in [3.8, 4) is 0 Å². The summed E-state index contributed by atoms with van der Waals surface area (Å²) in [6.45, 7) is 3.56. The van der Waals surface area contributed by atoms with Gasteiger partial charge in [0.25, 0.3) is 0 Å². The fourth-order valence-corrected chi connectivity index (χ4v) is 6.59. The molecule has 0 saturated carbocycles. The first kappa shape index (κ1) is 48.6. The molecule has 306 valence electrons. The number of nitrogens with one attached hydrogen (secondary N) is 1. The van der Waals surface area contributed by atoms with Crippen molar-refractivity contribution in [1.82, 2.24) is 5.32 Å². The summed E-state index contributed by atoms with van der Waals surface area (Å²) in [4.78, 5) is 13.0. The Morgan fingerprint density at radius 1 is 0.654 bits per heavy atom. The molecular formula is C42H79NO9. The Kier molecular flexibility index (Phi) is 30.9. The third-order valence-electron chi connectivity index (χ3n) is 10.1. The van der Waals surface area contributed by atoms with E-state index in [4.69, 9.17) is 9.47 Å². The van der Waals surface area contributed by atoms with Crippen molar-refractivity contribution >= 4 is 5.91 Å². The molecular weight excluding hydrogens is 662 g/mol. The van der Waals surface area contributed by atoms with Gasteiger partial charge in [-0.3, -0.25) is 4.79 Å². The summed E-state index contributed by atoms with van der Waals surface area (Å²) in [7, 11) is 0. The highest BCUT2D eigenvalue weighted by Crippen LogP contribution is 2.22. The number of rotatable bonds is 34. The summed E-state index contributed by atoms with van der Waals surface area (Å²) >= 11 is 0. The molecule has 1 rings (SSSR count). The zero-order chi connectivity index (χ0) is 38.2. The number of amides is 1. The van der Waals surface area contributed by atoms with Crippen LogP contribution in [0, 0.1) is 0 Å². The first-order valence-electron chi connectivity index (χ1n) is 21.2. The minimum absolute atomic E-state index is 0.307. The average molecular weight is 742 g/mol. The van der Waals surface area contributed by atoms with E-state index in [0.29, 0.717) is 19.3 Å². The van der Waals surface area contributed by atoms with Gasteiger partial charge in [-0.15, -0.1) is 0 Å². The zero-order valence-corrected chi connectivity index (χ0v) is 32.9. The average Bonchev–Trinajstić information content (AvgIpc) is 3.14. The molecule has 10 heteroatoms. The molecule has 1 fully saturated rings. The molecule has 8 atom stereocenters. The first-order valence-corrected chi connectivity index (χ1v) is 21.2. The molecule has 0 aromatic heterocycles. The predicted molar refractivity (Wildman–Crippen MR) is 209 cm³/mol. The maximum absolute atomic E-state index is 13.0. The first-order chi connectivity index (χ1) is 25.3. The molecule has 0 aliphatic carbocycles. The van der Waals surface area contributed by atoms with Gasteiger partial charge in [-0.25, -0.2) is 0 Å². The number of aliphatic hydroxyl groups excluding tert-OH is 6. The Morgan fingerprint density at radius 3 is 1.67 bits per heavy atom. The number of ether oxygens (including phenoxy) is 2. The number of carbonyl (C=O) groups is 1. The Balaban J connectivity index is 2.50. The van der Waals surface area contributed by atoms with Gasteiger partial charge in [-0.1, -0.05) is 167 Å². The second-order valence-electron chi connectivity index (χ2n) is 14.9. The van der Waals surface area contributed by atoms with E-state index >= 15 is 0 Å². The van der Waals surface area contributed by atoms with Gasteiger partial charge in [0.05, 0.1) is 25.4 Å². The lowest BCUT2D eigenvalue weighted by Gasteiger charge is -2.40. The molecule has 10 nitrogen and oxygen atoms in total. The number of allylic oxidation sites excluding steroid dienone is 3. The summed E-state index contributed by atoms with van der Waals surface area (Å²) < 4.78 is 11.1. The van der Waals surface area contributed by atoms with Crippen LogP contribution in [0.3, 0.4) is 0 Å². The van der Waals surface area contributed by atoms with Gasteiger partial charge in [-0.2, -0.15) is 0 Å². The van der Waals surface area contributed by atoms with E-state index in [9.17, 15) is 35.4 Å². The topological polar surface area (TPSA) is 169 Å². The van der Waals surface area contributed by atoms with Crippen LogP contribution in [-0.4, -0.2) is 98.7 Å². The molecule has 0 spiro atoms. The van der Waals surface area contributed by atoms with Gasteiger partial charge in [0, 0.05) is 0 Å². The highest BCUT2D eigenvalue weighted by Gasteiger charge is 2.44. The summed E-state index contributed by atoms with van der Waals surface area (Å²) in [5.41, 5.74) is 0. The van der Waals surface area contributed by atoms with Crippen molar-refractivity contribution < 1.29 is 44.9 Å². The molecule has 7 N–H and O–H groups in total. The zero-order valence-electron chi connectivity index (χ0n) is 32.9. The van der Waals surface area contributed by atoms with Crippen molar-refractivity contribution in [2.45, 2.75) is 223 Å². The maximum atomic E-state index is 13.0. The standard InChI is InChI=1S/C42H79NO9/c1-3-5-7-9-11-13-15-17-19-21-23-25-27-29-31-36(46)41(50)43-34(33-51-42-40(49)39(48)38(47)37(32-44)52-42)35(45)30-28-26-24-22-20-18-16-14-12-10-8-6-4-2/h20,22,28,30,34-40,42,44-49H,3-19,21,23-27,29,31-33H2,1-2H3,(H,43,50)/b22-20-,30-28+/t34-,35+,36+,37-,38-,39+,40-,42-/m1/s1. The SMILES string of the molecule is CCCCCCCCC/C=C\CC/C=C/[C@H](O)[C@@H](CO[C@@H]1O[C@H](CO)[C@@H](O)[C@H](O)[C@H]1O)NC(=O)[C@@H](O)CCCCCCCCCCCCCCCC. The van der Waals surface area contributed by atoms with E-state index in [1.165, 1.54) is 109 Å². The normalized spacial score (nSPS) is 22.7. The Bertz CT molecular complexity index is 886. The van der Waals surface area contributed by atoms with Crippen molar-refractivity contribution in [3.05, 3.63) is 24.3 Å². The lowest BCUT2D eigenvalue weighted by atomic mass is 9.99. The molecule has 0 radical (unpaired) electrons. The van der Waals surface area contributed by atoms with E-state index in [2.05, 4.69) is 31.3 Å². The van der Waals surface area contributed by atoms with Crippen LogP contribution in [0.25, 0.3) is 0 Å². The molecule has 0 aromatic rings. The van der Waals surface area contributed by atoms with Crippen LogP contribution in [-0.2, 0) is 14.3 Å². The lowest BCUT2D eigenvalue weighted by molar-refractivity contribution is -0.302. The van der Waals surface area contributed by atoms with E-state index < -0.39 is 61.5 Å². The second kappa shape index (κ2) is 33.0. The minimum Gasteiger partial charge on any atom is -0.394 e. The van der Waals surface area contributed by atoms with E-state index in [0.717, 1.165) is 32.1 Å². The van der Waals surface area contributed by atoms with Crippen LogP contribution in [0.4, 0.5) is 0 Å². The molecule has 1 saturated heterocycles. The number of carbonyl (C=O) groups excluding carboxylic acids is 1. The highest BCUT2D eigenvalue weighted by molar-refractivity contribution is 5.80. The monoisotopic (exact) mass is 742 g/mol. The Morgan fingerprint density at radius 2 is 1.13 bits per heavy atom. The summed E-state index contributed by atoms with van der Waals surface area (Å²) in [5.74, 6) is -0.627. The number of hydrogen-bond donors (Lipinski definition) is 7. The van der Waals surface area contributed by atoms with Crippen LogP contribution in [0.5, 0.6) is 0 Å². The maximum Gasteiger partial charge on any atom is 0.249 e. The molecule has 1 heterocycles. The molecule has 52 heavy (non-hydrogen) atoms.